The normalized spacial score (nSPS) is 16.3. The zero-order chi connectivity index (χ0) is 21.3. The molecule has 1 fully saturated rings. The van der Waals surface area contributed by atoms with Gasteiger partial charge in [-0.2, -0.15) is 0 Å². The molecule has 3 aromatic heterocycles. The first kappa shape index (κ1) is 20.3. The Morgan fingerprint density at radius 2 is 2.07 bits per heavy atom. The maximum absolute atomic E-state index is 12.2. The van der Waals surface area contributed by atoms with Crippen molar-refractivity contribution < 1.29 is 14.6 Å². The summed E-state index contributed by atoms with van der Waals surface area (Å²) in [5, 5.41) is 11.3. The molecule has 0 spiro atoms. The van der Waals surface area contributed by atoms with Crippen molar-refractivity contribution in [3.05, 3.63) is 24.2 Å². The number of carbonyl (C=O) groups excluding carboxylic acids is 1. The van der Waals surface area contributed by atoms with Gasteiger partial charge in [0.05, 0.1) is 24.3 Å². The predicted molar refractivity (Wildman–Crippen MR) is 114 cm³/mol. The van der Waals surface area contributed by atoms with Gasteiger partial charge in [0.1, 0.15) is 22.4 Å². The van der Waals surface area contributed by atoms with Gasteiger partial charge in [-0.05, 0) is 38.3 Å². The Morgan fingerprint density at radius 3 is 2.80 bits per heavy atom. The number of fused-ring (bicyclic) bond motifs is 3. The summed E-state index contributed by atoms with van der Waals surface area (Å²) in [5.41, 5.74) is 7.96. The van der Waals surface area contributed by atoms with Gasteiger partial charge in [-0.1, -0.05) is 13.3 Å². The van der Waals surface area contributed by atoms with Crippen molar-refractivity contribution in [2.24, 2.45) is 0 Å². The number of unbranched alkanes of at least 4 members (excludes halogenated alkanes) is 1. The minimum absolute atomic E-state index is 0.302. The number of rotatable bonds is 5. The summed E-state index contributed by atoms with van der Waals surface area (Å²) in [5.74, 6) is 1.09. The lowest BCUT2D eigenvalue weighted by Crippen LogP contribution is -2.49. The van der Waals surface area contributed by atoms with E-state index in [2.05, 4.69) is 21.9 Å². The van der Waals surface area contributed by atoms with E-state index in [-0.39, 0.29) is 6.09 Å². The zero-order valence-corrected chi connectivity index (χ0v) is 17.5. The van der Waals surface area contributed by atoms with E-state index in [4.69, 9.17) is 10.5 Å². The molecule has 0 atom stereocenters. The van der Waals surface area contributed by atoms with E-state index >= 15 is 0 Å². The topological polar surface area (TPSA) is 119 Å². The number of ether oxygens (including phenoxy) is 1. The van der Waals surface area contributed by atoms with Crippen LogP contribution in [0.5, 0.6) is 0 Å². The summed E-state index contributed by atoms with van der Waals surface area (Å²) in [6, 6.07) is 3.68. The van der Waals surface area contributed by atoms with Gasteiger partial charge in [0.25, 0.3) is 0 Å². The number of hydrogen-bond acceptors (Lipinski definition) is 7. The van der Waals surface area contributed by atoms with E-state index in [9.17, 15) is 9.90 Å². The van der Waals surface area contributed by atoms with Crippen LogP contribution in [0, 0.1) is 6.92 Å². The number of aromatic nitrogens is 4. The fourth-order valence-corrected chi connectivity index (χ4v) is 3.98. The third-order valence-corrected chi connectivity index (χ3v) is 5.78. The molecule has 0 bridgehead atoms. The van der Waals surface area contributed by atoms with Crippen LogP contribution in [-0.2, 0) is 11.3 Å². The van der Waals surface area contributed by atoms with E-state index in [1.807, 2.05) is 23.6 Å². The van der Waals surface area contributed by atoms with Crippen molar-refractivity contribution >= 4 is 34.0 Å². The Labute approximate surface area is 174 Å². The zero-order valence-electron chi connectivity index (χ0n) is 17.5. The summed E-state index contributed by atoms with van der Waals surface area (Å²) in [6.45, 7) is 5.64. The highest BCUT2D eigenvalue weighted by atomic mass is 16.6. The van der Waals surface area contributed by atoms with Crippen LogP contribution in [0.25, 0.3) is 22.1 Å². The number of amides is 1. The van der Waals surface area contributed by atoms with Crippen molar-refractivity contribution in [3.63, 3.8) is 0 Å². The molecule has 30 heavy (non-hydrogen) atoms. The molecule has 1 saturated heterocycles. The average molecular weight is 412 g/mol. The van der Waals surface area contributed by atoms with E-state index in [0.717, 1.165) is 24.2 Å². The highest BCUT2D eigenvalue weighted by Crippen LogP contribution is 2.31. The second-order valence-corrected chi connectivity index (χ2v) is 7.99. The van der Waals surface area contributed by atoms with Gasteiger partial charge in [0.15, 0.2) is 5.82 Å². The summed E-state index contributed by atoms with van der Waals surface area (Å²) < 4.78 is 7.27. The molecule has 3 N–H and O–H groups in total. The van der Waals surface area contributed by atoms with Crippen LogP contribution in [0.15, 0.2) is 18.3 Å². The molecule has 0 unspecified atom stereocenters. The second kappa shape index (κ2) is 8.06. The summed E-state index contributed by atoms with van der Waals surface area (Å²) in [6.07, 6.45) is 4.17. The Hall–Kier alpha value is -2.94. The fraction of sp³-hybridized carbons (Fsp3) is 0.524. The smallest absolute Gasteiger partial charge is 0.409 e. The summed E-state index contributed by atoms with van der Waals surface area (Å²) >= 11 is 0. The minimum Gasteiger partial charge on any atom is -0.449 e. The number of aryl methyl sites for hydroxylation is 1. The highest BCUT2D eigenvalue weighted by molar-refractivity contribution is 6.04. The van der Waals surface area contributed by atoms with Crippen LogP contribution in [0.2, 0.25) is 0 Å². The van der Waals surface area contributed by atoms with Crippen LogP contribution >= 0.6 is 0 Å². The molecule has 0 aromatic carbocycles. The number of imidazole rings is 1. The number of aliphatic hydroxyl groups is 1. The molecule has 4 heterocycles. The van der Waals surface area contributed by atoms with Crippen LogP contribution in [0.1, 0.15) is 38.4 Å². The highest BCUT2D eigenvalue weighted by Gasteiger charge is 2.36. The number of likely N-dealkylation sites (tertiary alicyclic amines) is 1. The number of nitrogens with zero attached hydrogens (tertiary/aromatic N) is 5. The van der Waals surface area contributed by atoms with Crippen molar-refractivity contribution in [2.45, 2.75) is 51.7 Å². The predicted octanol–water partition coefficient (Wildman–Crippen LogP) is 2.63. The number of hydrogen-bond donors (Lipinski definition) is 2. The third-order valence-electron chi connectivity index (χ3n) is 5.78. The number of nitrogens with two attached hydrogens (primary N) is 1. The van der Waals surface area contributed by atoms with Crippen LogP contribution in [0.3, 0.4) is 0 Å². The lowest BCUT2D eigenvalue weighted by atomic mass is 9.91. The Morgan fingerprint density at radius 1 is 1.30 bits per heavy atom. The molecule has 4 rings (SSSR count). The van der Waals surface area contributed by atoms with Crippen molar-refractivity contribution in [3.8, 4) is 0 Å². The molecule has 0 aliphatic carbocycles. The quantitative estimate of drug-likeness (QED) is 0.618. The first-order chi connectivity index (χ1) is 14.4. The van der Waals surface area contributed by atoms with Crippen LogP contribution < -0.4 is 5.73 Å². The molecule has 160 valence electrons. The van der Waals surface area contributed by atoms with Gasteiger partial charge in [0.2, 0.25) is 0 Å². The van der Waals surface area contributed by atoms with E-state index in [0.29, 0.717) is 61.5 Å². The summed E-state index contributed by atoms with van der Waals surface area (Å²) in [7, 11) is 0. The molecular weight excluding hydrogens is 384 g/mol. The minimum atomic E-state index is -0.961. The van der Waals surface area contributed by atoms with Gasteiger partial charge in [-0.15, -0.1) is 0 Å². The first-order valence-electron chi connectivity index (χ1n) is 10.4. The number of nitrogen functional groups attached to an aromatic ring is 1. The second-order valence-electron chi connectivity index (χ2n) is 7.99. The number of anilines is 1. The largest absolute Gasteiger partial charge is 0.449 e. The molecule has 9 nitrogen and oxygen atoms in total. The van der Waals surface area contributed by atoms with Gasteiger partial charge in [-0.25, -0.2) is 14.8 Å². The van der Waals surface area contributed by atoms with Crippen LogP contribution in [-0.4, -0.2) is 60.9 Å². The van der Waals surface area contributed by atoms with Crippen LogP contribution in [0.4, 0.5) is 10.6 Å². The molecule has 9 heteroatoms. The molecular formula is C21H28N6O3. The molecule has 0 radical (unpaired) electrons. The molecule has 1 aliphatic heterocycles. The Bertz CT molecular complexity index is 1070. The Balaban J connectivity index is 1.56. The number of pyridine rings is 2. The van der Waals surface area contributed by atoms with Gasteiger partial charge in [-0.3, -0.25) is 4.98 Å². The molecule has 1 aliphatic rings. The molecule has 0 saturated carbocycles. The fourth-order valence-electron chi connectivity index (χ4n) is 3.98. The Kier molecular flexibility index (Phi) is 5.46. The maximum Gasteiger partial charge on any atom is 0.409 e. The van der Waals surface area contributed by atoms with E-state index in [1.54, 1.807) is 11.1 Å². The van der Waals surface area contributed by atoms with Gasteiger partial charge >= 0.3 is 6.09 Å². The monoisotopic (exact) mass is 412 g/mol. The SMILES string of the molecule is CCCCOC(=O)N1CCC(O)(Cn2c(C)nc3c(N)nc4cccnc4c32)CC1. The average Bonchev–Trinajstić information content (AvgIpc) is 3.05. The van der Waals surface area contributed by atoms with Gasteiger partial charge < -0.3 is 25.0 Å². The standard InChI is InChI=1S/C21H28N6O3/c1-3-4-12-30-20(28)26-10-7-21(29,8-11-26)13-27-14(2)24-17-18(27)16-15(25-19(17)22)6-5-9-23-16/h5-6,9,29H,3-4,7-8,10-13H2,1-2H3,(H2,22,25). The maximum atomic E-state index is 12.2. The first-order valence-corrected chi connectivity index (χ1v) is 10.4. The number of piperidine rings is 1. The van der Waals surface area contributed by atoms with Gasteiger partial charge in [0, 0.05) is 19.3 Å². The van der Waals surface area contributed by atoms with Crippen molar-refractivity contribution in [1.29, 1.82) is 0 Å². The molecule has 1 amide bonds. The lowest BCUT2D eigenvalue weighted by Gasteiger charge is -2.38. The van der Waals surface area contributed by atoms with E-state index < -0.39 is 5.60 Å². The van der Waals surface area contributed by atoms with E-state index in [1.165, 1.54) is 0 Å². The summed E-state index contributed by atoms with van der Waals surface area (Å²) in [4.78, 5) is 27.3. The number of carbonyl (C=O) groups is 1. The van der Waals surface area contributed by atoms with Crippen molar-refractivity contribution in [1.82, 2.24) is 24.4 Å². The van der Waals surface area contributed by atoms with Crippen molar-refractivity contribution in [2.75, 3.05) is 25.4 Å². The molecule has 3 aromatic rings. The third kappa shape index (κ3) is 3.77. The lowest BCUT2D eigenvalue weighted by molar-refractivity contribution is -0.0322.